The van der Waals surface area contributed by atoms with E-state index < -0.39 is 0 Å². The summed E-state index contributed by atoms with van der Waals surface area (Å²) in [6.45, 7) is 2.45. The van der Waals surface area contributed by atoms with Gasteiger partial charge in [0.15, 0.2) is 0 Å². The third-order valence-electron chi connectivity index (χ3n) is 5.01. The predicted octanol–water partition coefficient (Wildman–Crippen LogP) is 6.20. The highest BCUT2D eigenvalue weighted by Crippen LogP contribution is 2.42. The van der Waals surface area contributed by atoms with Crippen LogP contribution in [0.15, 0.2) is 47.4 Å². The first kappa shape index (κ1) is 15.1. The van der Waals surface area contributed by atoms with Crippen molar-refractivity contribution >= 4 is 15.3 Å². The normalized spacial score (nSPS) is 25.6. The third kappa shape index (κ3) is 3.69. The second kappa shape index (κ2) is 7.45. The molecule has 0 bridgehead atoms. The van der Waals surface area contributed by atoms with Crippen molar-refractivity contribution in [2.24, 2.45) is 5.92 Å². The Hall–Kier alpha value is -0.820. The Bertz CT molecular complexity index is 506. The summed E-state index contributed by atoms with van der Waals surface area (Å²) in [5.41, 5.74) is 0. The fourth-order valence-corrected chi connectivity index (χ4v) is 6.88. The summed E-state index contributed by atoms with van der Waals surface area (Å²) in [5, 5.41) is 0.900. The highest BCUT2D eigenvalue weighted by molar-refractivity contribution is 8.16. The molecule has 1 fully saturated rings. The van der Waals surface area contributed by atoms with Crippen molar-refractivity contribution in [2.75, 3.05) is 0 Å². The van der Waals surface area contributed by atoms with Crippen LogP contribution in [-0.4, -0.2) is 10.1 Å². The quantitative estimate of drug-likeness (QED) is 0.461. The molecule has 0 aromatic heterocycles. The number of hydrogen-bond acceptors (Lipinski definition) is 0. The molecular weight excluding hydrogens is 272 g/mol. The molecule has 2 aliphatic rings. The van der Waals surface area contributed by atoms with Crippen molar-refractivity contribution in [3.63, 3.8) is 0 Å². The average Bonchev–Trinajstić information content (AvgIpc) is 2.58. The zero-order valence-corrected chi connectivity index (χ0v) is 14.1. The zero-order chi connectivity index (χ0) is 14.5. The Labute approximate surface area is 132 Å². The van der Waals surface area contributed by atoms with Gasteiger partial charge in [0.25, 0.3) is 0 Å². The number of rotatable bonds is 3. The van der Waals surface area contributed by atoms with Crippen molar-refractivity contribution in [1.29, 1.82) is 0 Å². The van der Waals surface area contributed by atoms with Crippen LogP contribution in [0.25, 0.3) is 0 Å². The Morgan fingerprint density at radius 1 is 0.952 bits per heavy atom. The molecule has 0 heterocycles. The van der Waals surface area contributed by atoms with Crippen LogP contribution in [0.1, 0.15) is 58.3 Å². The molecule has 3 rings (SSSR count). The van der Waals surface area contributed by atoms with E-state index in [9.17, 15) is 0 Å². The summed E-state index contributed by atoms with van der Waals surface area (Å²) < 4.78 is 0. The summed E-state index contributed by atoms with van der Waals surface area (Å²) in [5.74, 6) is 0.726. The molecule has 0 nitrogen and oxygen atoms in total. The molecular formula is C20H28S. The van der Waals surface area contributed by atoms with Gasteiger partial charge in [-0.3, -0.25) is 0 Å². The zero-order valence-electron chi connectivity index (χ0n) is 13.3. The molecule has 0 N–H and O–H groups in total. The van der Waals surface area contributed by atoms with E-state index in [1.807, 2.05) is 0 Å². The van der Waals surface area contributed by atoms with Gasteiger partial charge in [0, 0.05) is 16.1 Å². The summed E-state index contributed by atoms with van der Waals surface area (Å²) in [6.07, 6.45) is 16.1. The molecule has 114 valence electrons. The van der Waals surface area contributed by atoms with E-state index in [0.717, 1.165) is 11.2 Å². The molecule has 0 amide bonds. The van der Waals surface area contributed by atoms with Crippen LogP contribution in [0.3, 0.4) is 0 Å². The molecule has 1 heteroatoms. The number of hydrogen-bond donors (Lipinski definition) is 0. The van der Waals surface area contributed by atoms with Gasteiger partial charge in [-0.1, -0.05) is 49.6 Å². The fraction of sp³-hybridized carbons (Fsp3) is 0.550. The van der Waals surface area contributed by atoms with E-state index in [0.29, 0.717) is 10.5 Å². The first-order chi connectivity index (χ1) is 10.4. The Balaban J connectivity index is 1.97. The topological polar surface area (TPSA) is 0 Å². The highest BCUT2D eigenvalue weighted by atomic mass is 32.2. The summed E-state index contributed by atoms with van der Waals surface area (Å²) in [7, 11) is 0.349. The van der Waals surface area contributed by atoms with E-state index in [1.54, 1.807) is 9.76 Å². The monoisotopic (exact) mass is 300 g/mol. The summed E-state index contributed by atoms with van der Waals surface area (Å²) >= 11 is 0. The van der Waals surface area contributed by atoms with Gasteiger partial charge in [0.05, 0.1) is 0 Å². The first-order valence-corrected chi connectivity index (χ1v) is 9.93. The molecule has 1 saturated carbocycles. The van der Waals surface area contributed by atoms with E-state index in [1.165, 1.54) is 51.4 Å². The molecule has 2 atom stereocenters. The largest absolute Gasteiger partial charge is 0.152 e. The lowest BCUT2D eigenvalue weighted by Gasteiger charge is -2.31. The standard InChI is InChI=1S/C20H28S/c1-17(18-11-5-2-6-12-18)21(19-13-7-3-8-14-19)20-15-9-4-10-16-20/h3,5,7-8,11,13-14,18,20H,2,4,6,9-10,12,15-16H2,1H3. The smallest absolute Gasteiger partial charge is 0.00409 e. The van der Waals surface area contributed by atoms with Gasteiger partial charge in [0.2, 0.25) is 0 Å². The summed E-state index contributed by atoms with van der Waals surface area (Å²) in [6, 6.07) is 11.3. The van der Waals surface area contributed by atoms with Crippen molar-refractivity contribution in [1.82, 2.24) is 0 Å². The maximum Gasteiger partial charge on any atom is 0.00409 e. The molecule has 2 unspecified atom stereocenters. The minimum Gasteiger partial charge on any atom is -0.152 e. The van der Waals surface area contributed by atoms with Gasteiger partial charge < -0.3 is 0 Å². The van der Waals surface area contributed by atoms with E-state index in [-0.39, 0.29) is 0 Å². The van der Waals surface area contributed by atoms with Crippen molar-refractivity contribution < 1.29 is 0 Å². The minimum absolute atomic E-state index is 0.349. The molecule has 21 heavy (non-hydrogen) atoms. The van der Waals surface area contributed by atoms with Crippen LogP contribution < -0.4 is 0 Å². The van der Waals surface area contributed by atoms with Crippen LogP contribution in [0.2, 0.25) is 0 Å². The number of allylic oxidation sites excluding steroid dienone is 2. The lowest BCUT2D eigenvalue weighted by atomic mass is 9.94. The van der Waals surface area contributed by atoms with Gasteiger partial charge in [-0.25, -0.2) is 0 Å². The van der Waals surface area contributed by atoms with Crippen molar-refractivity contribution in [2.45, 2.75) is 68.4 Å². The van der Waals surface area contributed by atoms with Crippen LogP contribution in [0, 0.1) is 5.92 Å². The number of benzene rings is 1. The summed E-state index contributed by atoms with van der Waals surface area (Å²) in [4.78, 5) is 3.34. The lowest BCUT2D eigenvalue weighted by Crippen LogP contribution is -2.18. The van der Waals surface area contributed by atoms with E-state index in [4.69, 9.17) is 0 Å². The van der Waals surface area contributed by atoms with Gasteiger partial charge in [-0.15, -0.1) is 0 Å². The van der Waals surface area contributed by atoms with Gasteiger partial charge in [-0.2, -0.15) is 10.5 Å². The lowest BCUT2D eigenvalue weighted by molar-refractivity contribution is 0.515. The molecule has 1 aromatic rings. The van der Waals surface area contributed by atoms with Gasteiger partial charge in [0.1, 0.15) is 0 Å². The Morgan fingerprint density at radius 2 is 1.71 bits per heavy atom. The van der Waals surface area contributed by atoms with Crippen LogP contribution >= 0.6 is 10.5 Å². The Kier molecular flexibility index (Phi) is 5.35. The average molecular weight is 301 g/mol. The fourth-order valence-electron chi connectivity index (χ4n) is 3.82. The maximum atomic E-state index is 2.49. The first-order valence-electron chi connectivity index (χ1n) is 8.64. The van der Waals surface area contributed by atoms with Crippen LogP contribution in [0.4, 0.5) is 0 Å². The highest BCUT2D eigenvalue weighted by Gasteiger charge is 2.23. The molecule has 0 spiro atoms. The van der Waals surface area contributed by atoms with Gasteiger partial charge >= 0.3 is 0 Å². The molecule has 0 saturated heterocycles. The predicted molar refractivity (Wildman–Crippen MR) is 96.3 cm³/mol. The second-order valence-corrected chi connectivity index (χ2v) is 8.94. The second-order valence-electron chi connectivity index (χ2n) is 6.49. The minimum atomic E-state index is 0.349. The molecule has 0 radical (unpaired) electrons. The molecule has 1 aromatic carbocycles. The van der Waals surface area contributed by atoms with Crippen LogP contribution in [0.5, 0.6) is 0 Å². The van der Waals surface area contributed by atoms with Crippen molar-refractivity contribution in [3.05, 3.63) is 42.5 Å². The van der Waals surface area contributed by atoms with E-state index in [2.05, 4.69) is 49.4 Å². The Morgan fingerprint density at radius 3 is 2.38 bits per heavy atom. The SMILES string of the molecule is C/C(C1C=CCCC1)=S(\c1ccccc1)C1CCCCC1. The van der Waals surface area contributed by atoms with Crippen LogP contribution in [-0.2, 0) is 0 Å². The van der Waals surface area contributed by atoms with Gasteiger partial charge in [-0.05, 0) is 56.0 Å². The molecule has 2 aliphatic carbocycles. The third-order valence-corrected chi connectivity index (χ3v) is 7.92. The maximum absolute atomic E-state index is 2.49. The van der Waals surface area contributed by atoms with E-state index >= 15 is 0 Å². The molecule has 0 aliphatic heterocycles. The van der Waals surface area contributed by atoms with Crippen molar-refractivity contribution in [3.8, 4) is 0 Å².